The van der Waals surface area contributed by atoms with Crippen molar-refractivity contribution in [3.63, 3.8) is 0 Å². The summed E-state index contributed by atoms with van der Waals surface area (Å²) in [5.74, 6) is 0.209. The van der Waals surface area contributed by atoms with Crippen LogP contribution in [0.4, 0.5) is 5.69 Å². The Labute approximate surface area is 115 Å². The van der Waals surface area contributed by atoms with E-state index < -0.39 is 0 Å². The first-order chi connectivity index (χ1) is 9.09. The van der Waals surface area contributed by atoms with E-state index in [9.17, 15) is 4.79 Å². The highest BCUT2D eigenvalue weighted by atomic mass is 16.5. The molecule has 1 saturated heterocycles. The summed E-state index contributed by atoms with van der Waals surface area (Å²) in [5.41, 5.74) is 1.78. The minimum absolute atomic E-state index is 0.110. The number of anilines is 1. The van der Waals surface area contributed by atoms with E-state index >= 15 is 0 Å². The van der Waals surface area contributed by atoms with Crippen LogP contribution in [0.25, 0.3) is 0 Å². The second-order valence-electron chi connectivity index (χ2n) is 5.47. The van der Waals surface area contributed by atoms with Crippen LogP contribution in [-0.2, 0) is 4.74 Å². The molecule has 104 valence electrons. The van der Waals surface area contributed by atoms with Gasteiger partial charge in [-0.15, -0.1) is 0 Å². The maximum atomic E-state index is 12.0. The zero-order chi connectivity index (χ0) is 13.9. The molecule has 1 aromatic carbocycles. The minimum Gasteiger partial charge on any atom is -0.377 e. The highest BCUT2D eigenvalue weighted by Gasteiger charge is 2.31. The lowest BCUT2D eigenvalue weighted by Gasteiger charge is -2.41. The summed E-state index contributed by atoms with van der Waals surface area (Å²) in [6, 6.07) is 7.91. The number of rotatable bonds is 4. The second-order valence-corrected chi connectivity index (χ2v) is 5.47. The average molecular weight is 261 g/mol. The predicted molar refractivity (Wildman–Crippen MR) is 77.9 cm³/mol. The maximum absolute atomic E-state index is 12.0. The third-order valence-electron chi connectivity index (χ3n) is 4.02. The first-order valence-corrected chi connectivity index (χ1v) is 7.02. The van der Waals surface area contributed by atoms with Crippen LogP contribution in [0.15, 0.2) is 24.3 Å². The Morgan fingerprint density at radius 2 is 2.16 bits per heavy atom. The van der Waals surface area contributed by atoms with Crippen LogP contribution in [0, 0.1) is 0 Å². The SMILES string of the molecule is CCC(=O)c1ccccc1N1CCCC(C)(OC)C1. The monoisotopic (exact) mass is 261 g/mol. The Morgan fingerprint density at radius 1 is 1.42 bits per heavy atom. The summed E-state index contributed by atoms with van der Waals surface area (Å²) in [5, 5.41) is 0. The maximum Gasteiger partial charge on any atom is 0.164 e. The number of ketones is 1. The normalized spacial score (nSPS) is 23.4. The average Bonchev–Trinajstić information content (AvgIpc) is 2.46. The first-order valence-electron chi connectivity index (χ1n) is 7.02. The number of benzene rings is 1. The van der Waals surface area contributed by atoms with Crippen LogP contribution >= 0.6 is 0 Å². The molecule has 0 amide bonds. The highest BCUT2D eigenvalue weighted by Crippen LogP contribution is 2.30. The van der Waals surface area contributed by atoms with Gasteiger partial charge in [0.15, 0.2) is 5.78 Å². The molecule has 0 aliphatic carbocycles. The summed E-state index contributed by atoms with van der Waals surface area (Å²) in [4.78, 5) is 14.3. The van der Waals surface area contributed by atoms with Crippen molar-refractivity contribution in [2.24, 2.45) is 0 Å². The van der Waals surface area contributed by atoms with Crippen molar-refractivity contribution in [3.05, 3.63) is 29.8 Å². The predicted octanol–water partition coefficient (Wildman–Crippen LogP) is 3.28. The number of piperidine rings is 1. The molecular formula is C16H23NO2. The molecule has 0 saturated carbocycles. The summed E-state index contributed by atoms with van der Waals surface area (Å²) < 4.78 is 5.63. The summed E-state index contributed by atoms with van der Waals surface area (Å²) >= 11 is 0. The Hall–Kier alpha value is -1.35. The van der Waals surface area contributed by atoms with Crippen LogP contribution in [-0.4, -0.2) is 31.6 Å². The van der Waals surface area contributed by atoms with E-state index in [-0.39, 0.29) is 11.4 Å². The Balaban J connectivity index is 2.29. The van der Waals surface area contributed by atoms with Crippen LogP contribution in [0.1, 0.15) is 43.5 Å². The Bertz CT molecular complexity index is 458. The molecule has 3 nitrogen and oxygen atoms in total. The van der Waals surface area contributed by atoms with Gasteiger partial charge in [-0.25, -0.2) is 0 Å². The lowest BCUT2D eigenvalue weighted by atomic mass is 9.93. The van der Waals surface area contributed by atoms with E-state index in [0.717, 1.165) is 37.2 Å². The number of methoxy groups -OCH3 is 1. The quantitative estimate of drug-likeness (QED) is 0.779. The van der Waals surface area contributed by atoms with Crippen LogP contribution in [0.2, 0.25) is 0 Å². The number of hydrogen-bond acceptors (Lipinski definition) is 3. The van der Waals surface area contributed by atoms with Gasteiger partial charge in [0.2, 0.25) is 0 Å². The van der Waals surface area contributed by atoms with Gasteiger partial charge in [0.25, 0.3) is 0 Å². The molecule has 1 unspecified atom stereocenters. The summed E-state index contributed by atoms with van der Waals surface area (Å²) in [7, 11) is 1.77. The summed E-state index contributed by atoms with van der Waals surface area (Å²) in [6.45, 7) is 5.89. The molecule has 3 heteroatoms. The van der Waals surface area contributed by atoms with Crippen molar-refractivity contribution in [3.8, 4) is 0 Å². The minimum atomic E-state index is -0.110. The highest BCUT2D eigenvalue weighted by molar-refractivity contribution is 6.01. The van der Waals surface area contributed by atoms with Crippen LogP contribution < -0.4 is 4.90 Å². The molecule has 0 radical (unpaired) electrons. The molecule has 1 aliphatic rings. The van der Waals surface area contributed by atoms with Gasteiger partial charge in [0, 0.05) is 37.9 Å². The van der Waals surface area contributed by atoms with Gasteiger partial charge in [0.05, 0.1) is 5.60 Å². The molecule has 1 aromatic rings. The fourth-order valence-corrected chi connectivity index (χ4v) is 2.75. The number of hydrogen-bond donors (Lipinski definition) is 0. The molecule has 2 rings (SSSR count). The van der Waals surface area contributed by atoms with Gasteiger partial charge in [0.1, 0.15) is 0 Å². The van der Waals surface area contributed by atoms with E-state index in [1.807, 2.05) is 31.2 Å². The molecule has 0 spiro atoms. The molecule has 1 heterocycles. The molecule has 0 N–H and O–H groups in total. The number of carbonyl (C=O) groups excluding carboxylic acids is 1. The second kappa shape index (κ2) is 5.74. The number of ether oxygens (including phenoxy) is 1. The van der Waals surface area contributed by atoms with E-state index in [1.54, 1.807) is 7.11 Å². The van der Waals surface area contributed by atoms with Crippen molar-refractivity contribution in [1.82, 2.24) is 0 Å². The van der Waals surface area contributed by atoms with Crippen molar-refractivity contribution in [2.45, 2.75) is 38.7 Å². The number of carbonyl (C=O) groups is 1. The number of nitrogens with zero attached hydrogens (tertiary/aromatic N) is 1. The van der Waals surface area contributed by atoms with Gasteiger partial charge in [-0.3, -0.25) is 4.79 Å². The molecule has 0 aromatic heterocycles. The van der Waals surface area contributed by atoms with Crippen molar-refractivity contribution >= 4 is 11.5 Å². The van der Waals surface area contributed by atoms with Gasteiger partial charge < -0.3 is 9.64 Å². The van der Waals surface area contributed by atoms with Crippen molar-refractivity contribution < 1.29 is 9.53 Å². The molecule has 1 aliphatic heterocycles. The molecule has 0 bridgehead atoms. The van der Waals surface area contributed by atoms with E-state index in [2.05, 4.69) is 11.8 Å². The lowest BCUT2D eigenvalue weighted by Crippen LogP contribution is -2.47. The fourth-order valence-electron chi connectivity index (χ4n) is 2.75. The van der Waals surface area contributed by atoms with Crippen molar-refractivity contribution in [1.29, 1.82) is 0 Å². The Morgan fingerprint density at radius 3 is 2.84 bits per heavy atom. The van der Waals surface area contributed by atoms with Crippen LogP contribution in [0.5, 0.6) is 0 Å². The molecular weight excluding hydrogens is 238 g/mol. The zero-order valence-electron chi connectivity index (χ0n) is 12.1. The van der Waals surface area contributed by atoms with E-state index in [1.165, 1.54) is 0 Å². The first kappa shape index (κ1) is 14.1. The van der Waals surface area contributed by atoms with Gasteiger partial charge in [-0.2, -0.15) is 0 Å². The third kappa shape index (κ3) is 2.98. The molecule has 19 heavy (non-hydrogen) atoms. The molecule has 1 fully saturated rings. The Kier molecular flexibility index (Phi) is 4.25. The largest absolute Gasteiger partial charge is 0.377 e. The third-order valence-corrected chi connectivity index (χ3v) is 4.02. The van der Waals surface area contributed by atoms with Gasteiger partial charge >= 0.3 is 0 Å². The van der Waals surface area contributed by atoms with E-state index in [0.29, 0.717) is 6.42 Å². The topological polar surface area (TPSA) is 29.5 Å². The smallest absolute Gasteiger partial charge is 0.164 e. The number of Topliss-reactive ketones (excluding diaryl/α,β-unsaturated/α-hetero) is 1. The van der Waals surface area contributed by atoms with Gasteiger partial charge in [-0.05, 0) is 31.9 Å². The zero-order valence-corrected chi connectivity index (χ0v) is 12.1. The van der Waals surface area contributed by atoms with Crippen LogP contribution in [0.3, 0.4) is 0 Å². The van der Waals surface area contributed by atoms with E-state index in [4.69, 9.17) is 4.74 Å². The lowest BCUT2D eigenvalue weighted by molar-refractivity contribution is -0.00469. The summed E-state index contributed by atoms with van der Waals surface area (Å²) in [6.07, 6.45) is 2.72. The fraction of sp³-hybridized carbons (Fsp3) is 0.562. The molecule has 1 atom stereocenters. The standard InChI is InChI=1S/C16H23NO2/c1-4-15(18)13-8-5-6-9-14(13)17-11-7-10-16(2,12-17)19-3/h5-6,8-9H,4,7,10-12H2,1-3H3. The van der Waals surface area contributed by atoms with Crippen molar-refractivity contribution in [2.75, 3.05) is 25.1 Å². The van der Waals surface area contributed by atoms with Gasteiger partial charge in [-0.1, -0.05) is 19.1 Å². The number of para-hydroxylation sites is 1.